The first kappa shape index (κ1) is 20.3. The molecule has 0 saturated carbocycles. The highest BCUT2D eigenvalue weighted by Crippen LogP contribution is 2.22. The summed E-state index contributed by atoms with van der Waals surface area (Å²) in [5, 5.41) is 0. The number of nitrogens with zero attached hydrogens (tertiary/aromatic N) is 2. The Morgan fingerprint density at radius 2 is 1.75 bits per heavy atom. The molecule has 3 rings (SSSR count). The Morgan fingerprint density at radius 3 is 2.43 bits per heavy atom. The first-order valence-electron chi connectivity index (χ1n) is 9.49. The largest absolute Gasteiger partial charge is 0.451 e. The van der Waals surface area contributed by atoms with Crippen LogP contribution in [-0.2, 0) is 24.3 Å². The van der Waals surface area contributed by atoms with Crippen molar-refractivity contribution in [2.24, 2.45) is 4.99 Å². The molecule has 1 fully saturated rings. The number of esters is 1. The molecule has 2 aliphatic heterocycles. The van der Waals surface area contributed by atoms with Crippen molar-refractivity contribution in [1.82, 2.24) is 9.62 Å². The number of carbonyl (C=O) groups is 2. The molecule has 1 aromatic rings. The number of amidine groups is 1. The van der Waals surface area contributed by atoms with E-state index in [2.05, 4.69) is 9.71 Å². The summed E-state index contributed by atoms with van der Waals surface area (Å²) in [4.78, 5) is 31.0. The first-order chi connectivity index (χ1) is 13.3. The topological polar surface area (TPSA) is 105 Å². The predicted molar refractivity (Wildman–Crippen MR) is 103 cm³/mol. The van der Waals surface area contributed by atoms with E-state index < -0.39 is 28.1 Å². The van der Waals surface area contributed by atoms with Gasteiger partial charge in [0.2, 0.25) is 0 Å². The number of ether oxygens (including phenoxy) is 1. The second-order valence-electron chi connectivity index (χ2n) is 7.07. The SMILES string of the molecule is C[C@H](N=C1NS(=O)(=O)c2ccccc21)C(=O)O[C@H](C)C(=O)N1CCCCCC1. The lowest BCUT2D eigenvalue weighted by Gasteiger charge is -2.24. The van der Waals surface area contributed by atoms with Crippen molar-refractivity contribution in [2.75, 3.05) is 13.1 Å². The van der Waals surface area contributed by atoms with E-state index in [1.54, 1.807) is 30.0 Å². The van der Waals surface area contributed by atoms with Crippen LogP contribution in [0.15, 0.2) is 34.2 Å². The van der Waals surface area contributed by atoms with Crippen molar-refractivity contribution in [3.63, 3.8) is 0 Å². The van der Waals surface area contributed by atoms with Gasteiger partial charge in [-0.2, -0.15) is 0 Å². The van der Waals surface area contributed by atoms with Crippen LogP contribution in [0.5, 0.6) is 0 Å². The summed E-state index contributed by atoms with van der Waals surface area (Å²) in [5.41, 5.74) is 0.413. The van der Waals surface area contributed by atoms with Crippen LogP contribution in [0.4, 0.5) is 0 Å². The van der Waals surface area contributed by atoms with Gasteiger partial charge in [0.15, 0.2) is 6.10 Å². The fourth-order valence-corrected chi connectivity index (χ4v) is 4.59. The summed E-state index contributed by atoms with van der Waals surface area (Å²) in [5.74, 6) is -0.777. The van der Waals surface area contributed by atoms with E-state index in [1.807, 2.05) is 0 Å². The van der Waals surface area contributed by atoms with Crippen molar-refractivity contribution in [3.8, 4) is 0 Å². The molecular formula is C19H25N3O5S. The predicted octanol–water partition coefficient (Wildman–Crippen LogP) is 1.45. The van der Waals surface area contributed by atoms with Gasteiger partial charge in [0.05, 0.1) is 4.90 Å². The van der Waals surface area contributed by atoms with E-state index in [1.165, 1.54) is 13.0 Å². The van der Waals surface area contributed by atoms with Gasteiger partial charge in [-0.1, -0.05) is 25.0 Å². The van der Waals surface area contributed by atoms with E-state index in [-0.39, 0.29) is 16.6 Å². The fraction of sp³-hybridized carbons (Fsp3) is 0.526. The average molecular weight is 407 g/mol. The second-order valence-corrected chi connectivity index (χ2v) is 8.72. The Morgan fingerprint density at radius 1 is 1.11 bits per heavy atom. The van der Waals surface area contributed by atoms with Crippen LogP contribution in [0.2, 0.25) is 0 Å². The number of aliphatic imine (C=N–C) groups is 1. The van der Waals surface area contributed by atoms with E-state index in [4.69, 9.17) is 4.74 Å². The van der Waals surface area contributed by atoms with Crippen LogP contribution in [0.1, 0.15) is 45.1 Å². The Bertz CT molecular complexity index is 889. The molecule has 2 atom stereocenters. The van der Waals surface area contributed by atoms with Crippen LogP contribution >= 0.6 is 0 Å². The number of likely N-dealkylation sites (tertiary alicyclic amines) is 1. The molecule has 0 bridgehead atoms. The Kier molecular flexibility index (Phi) is 6.02. The number of rotatable bonds is 4. The zero-order valence-corrected chi connectivity index (χ0v) is 16.9. The van der Waals surface area contributed by atoms with Gasteiger partial charge in [0, 0.05) is 18.7 Å². The van der Waals surface area contributed by atoms with Gasteiger partial charge in [0.1, 0.15) is 11.9 Å². The molecule has 152 valence electrons. The van der Waals surface area contributed by atoms with Gasteiger partial charge < -0.3 is 9.64 Å². The molecule has 2 heterocycles. The average Bonchev–Trinajstić information content (AvgIpc) is 2.85. The third kappa shape index (κ3) is 4.35. The minimum absolute atomic E-state index is 0.103. The number of fused-ring (bicyclic) bond motifs is 1. The van der Waals surface area contributed by atoms with E-state index in [0.29, 0.717) is 18.7 Å². The summed E-state index contributed by atoms with van der Waals surface area (Å²) in [6, 6.07) is 5.46. The Labute approximate surface area is 165 Å². The lowest BCUT2D eigenvalue weighted by atomic mass is 10.2. The first-order valence-corrected chi connectivity index (χ1v) is 11.0. The van der Waals surface area contributed by atoms with Gasteiger partial charge in [-0.15, -0.1) is 0 Å². The molecule has 0 radical (unpaired) electrons. The number of amides is 1. The van der Waals surface area contributed by atoms with Gasteiger partial charge in [-0.3, -0.25) is 14.5 Å². The molecular weight excluding hydrogens is 382 g/mol. The van der Waals surface area contributed by atoms with E-state index in [0.717, 1.165) is 25.7 Å². The van der Waals surface area contributed by atoms with Gasteiger partial charge in [-0.25, -0.2) is 13.2 Å². The van der Waals surface area contributed by atoms with Crippen molar-refractivity contribution >= 4 is 27.7 Å². The zero-order valence-electron chi connectivity index (χ0n) is 16.1. The van der Waals surface area contributed by atoms with Crippen molar-refractivity contribution in [2.45, 2.75) is 56.6 Å². The lowest BCUT2D eigenvalue weighted by molar-refractivity contribution is -0.159. The Hall–Kier alpha value is -2.42. The third-order valence-electron chi connectivity index (χ3n) is 4.89. The highest BCUT2D eigenvalue weighted by molar-refractivity contribution is 7.90. The number of sulfonamides is 1. The van der Waals surface area contributed by atoms with Crippen LogP contribution in [0.25, 0.3) is 0 Å². The molecule has 28 heavy (non-hydrogen) atoms. The third-order valence-corrected chi connectivity index (χ3v) is 6.28. The molecule has 0 unspecified atom stereocenters. The highest BCUT2D eigenvalue weighted by atomic mass is 32.2. The van der Waals surface area contributed by atoms with Crippen LogP contribution in [-0.4, -0.2) is 56.3 Å². The standard InChI is InChI=1S/C19H25N3O5S/c1-13(20-17-15-9-5-6-10-16(15)28(25,26)21-17)19(24)27-14(2)18(23)22-11-7-3-4-8-12-22/h5-6,9-10,13-14H,3-4,7-8,11-12H2,1-2H3,(H,20,21)/t13-,14+/m0/s1. The fourth-order valence-electron chi connectivity index (χ4n) is 3.35. The molecule has 8 nitrogen and oxygen atoms in total. The minimum Gasteiger partial charge on any atom is -0.451 e. The van der Waals surface area contributed by atoms with E-state index in [9.17, 15) is 18.0 Å². The maximum atomic E-state index is 12.5. The number of nitrogens with one attached hydrogen (secondary N) is 1. The van der Waals surface area contributed by atoms with Gasteiger partial charge in [-0.05, 0) is 38.8 Å². The normalized spacial score (nSPS) is 21.9. The van der Waals surface area contributed by atoms with Gasteiger partial charge in [0.25, 0.3) is 15.9 Å². The minimum atomic E-state index is -3.67. The van der Waals surface area contributed by atoms with E-state index >= 15 is 0 Å². The maximum absolute atomic E-state index is 12.5. The molecule has 0 spiro atoms. The van der Waals surface area contributed by atoms with Crippen molar-refractivity contribution < 1.29 is 22.7 Å². The molecule has 1 aromatic carbocycles. The summed E-state index contributed by atoms with van der Waals surface area (Å²) in [7, 11) is -3.67. The van der Waals surface area contributed by atoms with Crippen molar-refractivity contribution in [1.29, 1.82) is 0 Å². The smallest absolute Gasteiger partial charge is 0.331 e. The number of carbonyl (C=O) groups excluding carboxylic acids is 2. The number of hydrogen-bond acceptors (Lipinski definition) is 6. The van der Waals surface area contributed by atoms with Gasteiger partial charge >= 0.3 is 5.97 Å². The zero-order chi connectivity index (χ0) is 20.3. The molecule has 9 heteroatoms. The molecule has 0 aliphatic carbocycles. The number of hydrogen-bond donors (Lipinski definition) is 1. The van der Waals surface area contributed by atoms with Crippen LogP contribution in [0.3, 0.4) is 0 Å². The summed E-state index contributed by atoms with van der Waals surface area (Å²) < 4.78 is 31.9. The molecule has 1 N–H and O–H groups in total. The molecule has 0 aromatic heterocycles. The second kappa shape index (κ2) is 8.30. The number of benzene rings is 1. The van der Waals surface area contributed by atoms with Crippen LogP contribution < -0.4 is 4.72 Å². The quantitative estimate of drug-likeness (QED) is 0.761. The van der Waals surface area contributed by atoms with Crippen LogP contribution in [0, 0.1) is 0 Å². The Balaban J connectivity index is 1.66. The lowest BCUT2D eigenvalue weighted by Crippen LogP contribution is -2.41. The maximum Gasteiger partial charge on any atom is 0.331 e. The molecule has 1 saturated heterocycles. The highest BCUT2D eigenvalue weighted by Gasteiger charge is 2.32. The van der Waals surface area contributed by atoms with Crippen molar-refractivity contribution in [3.05, 3.63) is 29.8 Å². The summed E-state index contributed by atoms with van der Waals surface area (Å²) >= 11 is 0. The monoisotopic (exact) mass is 407 g/mol. The summed E-state index contributed by atoms with van der Waals surface area (Å²) in [6.45, 7) is 4.42. The summed E-state index contributed by atoms with van der Waals surface area (Å²) in [6.07, 6.45) is 3.21. The molecule has 2 aliphatic rings. The molecule has 1 amide bonds.